The van der Waals surface area contributed by atoms with Crippen LogP contribution < -0.4 is 5.32 Å². The van der Waals surface area contributed by atoms with E-state index in [9.17, 15) is 0 Å². The zero-order valence-electron chi connectivity index (χ0n) is 9.72. The zero-order chi connectivity index (χ0) is 10.2. The van der Waals surface area contributed by atoms with E-state index in [0.29, 0.717) is 6.04 Å². The van der Waals surface area contributed by atoms with Gasteiger partial charge in [0.05, 0.1) is 0 Å². The first kappa shape index (κ1) is 12.4. The Kier molecular flexibility index (Phi) is 6.70. The second-order valence-corrected chi connectivity index (χ2v) is 5.58. The van der Waals surface area contributed by atoms with Crippen molar-refractivity contribution in [3.8, 4) is 0 Å². The molecule has 84 valence electrons. The predicted molar refractivity (Wildman–Crippen MR) is 67.0 cm³/mol. The van der Waals surface area contributed by atoms with E-state index in [4.69, 9.17) is 0 Å². The third kappa shape index (κ3) is 5.26. The van der Waals surface area contributed by atoms with Gasteiger partial charge in [0.25, 0.3) is 0 Å². The van der Waals surface area contributed by atoms with Gasteiger partial charge in [-0.05, 0) is 50.7 Å². The highest BCUT2D eigenvalue weighted by atomic mass is 32.2. The lowest BCUT2D eigenvalue weighted by Gasteiger charge is -2.24. The monoisotopic (exact) mass is 215 g/mol. The third-order valence-corrected chi connectivity index (χ3v) is 3.88. The molecule has 0 heterocycles. The Morgan fingerprint density at radius 2 is 2.00 bits per heavy atom. The molecule has 2 heteroatoms. The molecule has 0 aromatic carbocycles. The smallest absolute Gasteiger partial charge is 0.00466 e. The van der Waals surface area contributed by atoms with Gasteiger partial charge in [-0.25, -0.2) is 0 Å². The van der Waals surface area contributed by atoms with Crippen molar-refractivity contribution in [3.05, 3.63) is 0 Å². The van der Waals surface area contributed by atoms with Gasteiger partial charge < -0.3 is 5.32 Å². The Balaban J connectivity index is 2.00. The molecular formula is C12H25NS. The van der Waals surface area contributed by atoms with Crippen molar-refractivity contribution in [1.82, 2.24) is 5.32 Å². The summed E-state index contributed by atoms with van der Waals surface area (Å²) in [6.45, 7) is 3.58. The third-order valence-electron chi connectivity index (χ3n) is 3.23. The minimum Gasteiger partial charge on any atom is -0.314 e. The highest BCUT2D eigenvalue weighted by molar-refractivity contribution is 7.98. The summed E-state index contributed by atoms with van der Waals surface area (Å²) < 4.78 is 0. The molecule has 1 unspecified atom stereocenters. The first-order valence-electron chi connectivity index (χ1n) is 6.05. The van der Waals surface area contributed by atoms with Gasteiger partial charge in [0.2, 0.25) is 0 Å². The average molecular weight is 215 g/mol. The minimum absolute atomic E-state index is 0.712. The molecule has 1 saturated carbocycles. The normalized spacial score (nSPS) is 21.0. The maximum Gasteiger partial charge on any atom is 0.00466 e. The van der Waals surface area contributed by atoms with Crippen molar-refractivity contribution in [2.24, 2.45) is 5.92 Å². The van der Waals surface area contributed by atoms with Crippen molar-refractivity contribution in [2.45, 2.75) is 51.5 Å². The Morgan fingerprint density at radius 3 is 2.64 bits per heavy atom. The largest absolute Gasteiger partial charge is 0.314 e. The van der Waals surface area contributed by atoms with Gasteiger partial charge in [-0.2, -0.15) is 11.8 Å². The van der Waals surface area contributed by atoms with Crippen LogP contribution in [0.1, 0.15) is 45.4 Å². The standard InChI is InChI=1S/C12H25NS/c1-11(8-9-14-2)13-10-12-6-4-3-5-7-12/h11-13H,3-10H2,1-2H3. The van der Waals surface area contributed by atoms with E-state index in [1.54, 1.807) is 0 Å². The summed E-state index contributed by atoms with van der Waals surface area (Å²) in [6.07, 6.45) is 10.8. The van der Waals surface area contributed by atoms with Crippen LogP contribution in [0.15, 0.2) is 0 Å². The van der Waals surface area contributed by atoms with Gasteiger partial charge >= 0.3 is 0 Å². The highest BCUT2D eigenvalue weighted by Gasteiger charge is 2.13. The molecule has 1 aliphatic carbocycles. The summed E-state index contributed by atoms with van der Waals surface area (Å²) >= 11 is 1.95. The first-order chi connectivity index (χ1) is 6.83. The fourth-order valence-corrected chi connectivity index (χ4v) is 2.75. The van der Waals surface area contributed by atoms with E-state index in [0.717, 1.165) is 5.92 Å². The number of nitrogens with one attached hydrogen (secondary N) is 1. The number of thioether (sulfide) groups is 1. The summed E-state index contributed by atoms with van der Waals surface area (Å²) in [4.78, 5) is 0. The Bertz CT molecular complexity index is 132. The molecule has 0 spiro atoms. The van der Waals surface area contributed by atoms with E-state index in [-0.39, 0.29) is 0 Å². The van der Waals surface area contributed by atoms with Gasteiger partial charge in [-0.3, -0.25) is 0 Å². The Hall–Kier alpha value is 0.310. The van der Waals surface area contributed by atoms with Crippen LogP contribution in [0.2, 0.25) is 0 Å². The topological polar surface area (TPSA) is 12.0 Å². The van der Waals surface area contributed by atoms with Gasteiger partial charge in [-0.15, -0.1) is 0 Å². The maximum atomic E-state index is 3.67. The molecule has 0 aromatic heterocycles. The average Bonchev–Trinajstić information content (AvgIpc) is 2.25. The minimum atomic E-state index is 0.712. The quantitative estimate of drug-likeness (QED) is 0.729. The van der Waals surface area contributed by atoms with Gasteiger partial charge in [0, 0.05) is 6.04 Å². The lowest BCUT2D eigenvalue weighted by molar-refractivity contribution is 0.329. The lowest BCUT2D eigenvalue weighted by Crippen LogP contribution is -2.32. The van der Waals surface area contributed by atoms with Crippen LogP contribution in [-0.4, -0.2) is 24.6 Å². The van der Waals surface area contributed by atoms with Crippen molar-refractivity contribution in [2.75, 3.05) is 18.6 Å². The molecule has 1 atom stereocenters. The lowest BCUT2D eigenvalue weighted by atomic mass is 9.89. The van der Waals surface area contributed by atoms with Crippen LogP contribution in [0.3, 0.4) is 0 Å². The van der Waals surface area contributed by atoms with E-state index in [2.05, 4.69) is 18.5 Å². The van der Waals surface area contributed by atoms with E-state index in [1.165, 1.54) is 50.8 Å². The zero-order valence-corrected chi connectivity index (χ0v) is 10.5. The molecule has 1 N–H and O–H groups in total. The molecule has 0 bridgehead atoms. The molecule has 1 rings (SSSR count). The summed E-state index contributed by atoms with van der Waals surface area (Å²) in [5.74, 6) is 2.26. The molecule has 0 saturated heterocycles. The SMILES string of the molecule is CSCCC(C)NCC1CCCCC1. The predicted octanol–water partition coefficient (Wildman–Crippen LogP) is 3.30. The van der Waals surface area contributed by atoms with Gasteiger partial charge in [0.15, 0.2) is 0 Å². The summed E-state index contributed by atoms with van der Waals surface area (Å²) in [5, 5.41) is 3.67. The molecule has 0 aliphatic heterocycles. The molecule has 1 fully saturated rings. The molecule has 0 amide bonds. The van der Waals surface area contributed by atoms with Crippen LogP contribution in [-0.2, 0) is 0 Å². The molecule has 14 heavy (non-hydrogen) atoms. The van der Waals surface area contributed by atoms with Crippen LogP contribution in [0.5, 0.6) is 0 Å². The van der Waals surface area contributed by atoms with E-state index >= 15 is 0 Å². The molecular weight excluding hydrogens is 190 g/mol. The van der Waals surface area contributed by atoms with Crippen LogP contribution >= 0.6 is 11.8 Å². The second-order valence-electron chi connectivity index (χ2n) is 4.59. The Labute approximate surface area is 93.4 Å². The maximum absolute atomic E-state index is 3.67. The number of hydrogen-bond acceptors (Lipinski definition) is 2. The second kappa shape index (κ2) is 7.58. The highest BCUT2D eigenvalue weighted by Crippen LogP contribution is 2.22. The Morgan fingerprint density at radius 1 is 1.29 bits per heavy atom. The van der Waals surface area contributed by atoms with Crippen molar-refractivity contribution in [3.63, 3.8) is 0 Å². The first-order valence-corrected chi connectivity index (χ1v) is 7.44. The summed E-state index contributed by atoms with van der Waals surface area (Å²) in [5.41, 5.74) is 0. The molecule has 1 aliphatic rings. The fourth-order valence-electron chi connectivity index (χ4n) is 2.16. The van der Waals surface area contributed by atoms with E-state index in [1.807, 2.05) is 11.8 Å². The van der Waals surface area contributed by atoms with Crippen LogP contribution in [0, 0.1) is 5.92 Å². The van der Waals surface area contributed by atoms with Gasteiger partial charge in [-0.1, -0.05) is 19.3 Å². The van der Waals surface area contributed by atoms with Crippen LogP contribution in [0.25, 0.3) is 0 Å². The van der Waals surface area contributed by atoms with Crippen molar-refractivity contribution < 1.29 is 0 Å². The van der Waals surface area contributed by atoms with Crippen molar-refractivity contribution in [1.29, 1.82) is 0 Å². The van der Waals surface area contributed by atoms with Gasteiger partial charge in [0.1, 0.15) is 0 Å². The molecule has 0 aromatic rings. The molecule has 0 radical (unpaired) electrons. The molecule has 1 nitrogen and oxygen atoms in total. The van der Waals surface area contributed by atoms with Crippen LogP contribution in [0.4, 0.5) is 0 Å². The summed E-state index contributed by atoms with van der Waals surface area (Å²) in [6, 6.07) is 0.712. The van der Waals surface area contributed by atoms with E-state index < -0.39 is 0 Å². The number of hydrogen-bond donors (Lipinski definition) is 1. The summed E-state index contributed by atoms with van der Waals surface area (Å²) in [7, 11) is 0. The fraction of sp³-hybridized carbons (Fsp3) is 1.00. The number of rotatable bonds is 6. The van der Waals surface area contributed by atoms with Crippen molar-refractivity contribution >= 4 is 11.8 Å².